The number of esters is 3. The van der Waals surface area contributed by atoms with Gasteiger partial charge in [0.05, 0.1) is 7.11 Å². The van der Waals surface area contributed by atoms with Gasteiger partial charge in [0.15, 0.2) is 0 Å². The minimum Gasteiger partial charge on any atom is -0.488 e. The zero-order chi connectivity index (χ0) is 38.1. The van der Waals surface area contributed by atoms with Gasteiger partial charge in [-0.15, -0.1) is 23.5 Å². The molecule has 0 aliphatic rings. The fraction of sp³-hybridized carbons (Fsp3) is 0.133. The average molecular weight is 753 g/mol. The van der Waals surface area contributed by atoms with Crippen molar-refractivity contribution in [2.45, 2.75) is 16.4 Å². The van der Waals surface area contributed by atoms with E-state index < -0.39 is 17.9 Å². The number of carbonyl (C=O) groups is 3. The van der Waals surface area contributed by atoms with E-state index in [1.807, 2.05) is 78.9 Å². The minimum absolute atomic E-state index is 0.252. The summed E-state index contributed by atoms with van der Waals surface area (Å²) in [6.45, 7) is 7.66. The normalized spacial score (nSPS) is 10.2. The molecule has 270 valence electrons. The summed E-state index contributed by atoms with van der Waals surface area (Å²) < 4.78 is 21.2. The van der Waals surface area contributed by atoms with E-state index in [0.717, 1.165) is 55.0 Å². The van der Waals surface area contributed by atoms with Gasteiger partial charge in [0.25, 0.3) is 0 Å². The highest BCUT2D eigenvalue weighted by molar-refractivity contribution is 7.99. The van der Waals surface area contributed by atoms with E-state index in [0.29, 0.717) is 36.0 Å². The summed E-state index contributed by atoms with van der Waals surface area (Å²) in [4.78, 5) is 37.1. The molecule has 0 N–H and O–H groups in total. The maximum absolute atomic E-state index is 12.7. The van der Waals surface area contributed by atoms with Crippen LogP contribution in [-0.4, -0.2) is 49.7 Å². The highest BCUT2D eigenvalue weighted by atomic mass is 32.2. The number of thioether (sulfide) groups is 2. The second kappa shape index (κ2) is 20.2. The van der Waals surface area contributed by atoms with Crippen molar-refractivity contribution in [3.8, 4) is 29.4 Å². The number of ether oxygens (including phenoxy) is 4. The van der Waals surface area contributed by atoms with E-state index in [1.54, 1.807) is 35.7 Å². The van der Waals surface area contributed by atoms with E-state index in [1.165, 1.54) is 7.11 Å². The number of rotatable bonds is 14. The standard InChI is InChI=1S/C45H36O7S2/c1-4-43(46)50-24-26-53-39-19-12-32(13-20-39)6-8-34-10-17-38-29-36(11-18-37(38)28-34)31-52-42-23-16-35(30-41(42)45(48)49-3)9-7-33-14-21-40(22-15-33)54-27-25-51-44(47)5-2/h4-5,10-23,28-30H,1-2,24-27,31H2,3H3. The van der Waals surface area contributed by atoms with E-state index in [9.17, 15) is 14.4 Å². The summed E-state index contributed by atoms with van der Waals surface area (Å²) >= 11 is 3.18. The molecule has 0 spiro atoms. The molecule has 9 heteroatoms. The summed E-state index contributed by atoms with van der Waals surface area (Å²) in [5, 5.41) is 2.09. The van der Waals surface area contributed by atoms with Crippen LogP contribution in [0.2, 0.25) is 0 Å². The molecule has 0 aliphatic heterocycles. The van der Waals surface area contributed by atoms with Gasteiger partial charge < -0.3 is 18.9 Å². The monoisotopic (exact) mass is 752 g/mol. The molecule has 7 nitrogen and oxygen atoms in total. The van der Waals surface area contributed by atoms with Crippen molar-refractivity contribution in [2.24, 2.45) is 0 Å². The molecule has 0 unspecified atom stereocenters. The quantitative estimate of drug-likeness (QED) is 0.0276. The third kappa shape index (κ3) is 12.0. The van der Waals surface area contributed by atoms with Crippen LogP contribution < -0.4 is 4.74 Å². The first-order chi connectivity index (χ1) is 26.3. The maximum Gasteiger partial charge on any atom is 0.341 e. The van der Waals surface area contributed by atoms with E-state index in [-0.39, 0.29) is 12.2 Å². The molecule has 54 heavy (non-hydrogen) atoms. The Morgan fingerprint density at radius 3 is 1.65 bits per heavy atom. The van der Waals surface area contributed by atoms with Crippen LogP contribution in [-0.2, 0) is 30.4 Å². The van der Waals surface area contributed by atoms with Crippen LogP contribution in [0.15, 0.2) is 138 Å². The van der Waals surface area contributed by atoms with Crippen molar-refractivity contribution in [1.82, 2.24) is 0 Å². The van der Waals surface area contributed by atoms with Gasteiger partial charge in [-0.25, -0.2) is 14.4 Å². The van der Waals surface area contributed by atoms with Gasteiger partial charge in [-0.1, -0.05) is 55.0 Å². The van der Waals surface area contributed by atoms with Crippen molar-refractivity contribution >= 4 is 52.2 Å². The SMILES string of the molecule is C=CC(=O)OCCSc1ccc(C#Cc2ccc(OCc3ccc4cc(C#Cc5ccc(SCCOC(=O)C=C)cc5)ccc4c3)c(C(=O)OC)c2)cc1. The number of carbonyl (C=O) groups excluding carboxylic acids is 3. The van der Waals surface area contributed by atoms with Gasteiger partial charge in [-0.05, 0) is 101 Å². The van der Waals surface area contributed by atoms with Crippen LogP contribution in [0.5, 0.6) is 5.75 Å². The Balaban J connectivity index is 1.17. The average Bonchev–Trinajstić information content (AvgIpc) is 3.21. The van der Waals surface area contributed by atoms with E-state index in [2.05, 4.69) is 49.0 Å². The maximum atomic E-state index is 12.7. The molecule has 0 fully saturated rings. The smallest absolute Gasteiger partial charge is 0.341 e. The molecule has 5 rings (SSSR count). The van der Waals surface area contributed by atoms with Crippen molar-refractivity contribution in [3.63, 3.8) is 0 Å². The second-order valence-corrected chi connectivity index (χ2v) is 13.7. The van der Waals surface area contributed by atoms with Crippen LogP contribution >= 0.6 is 23.5 Å². The molecule has 0 radical (unpaired) electrons. The Hall–Kier alpha value is -6.13. The molecule has 0 aromatic heterocycles. The first kappa shape index (κ1) is 39.1. The van der Waals surface area contributed by atoms with Crippen LogP contribution in [0.4, 0.5) is 0 Å². The predicted molar refractivity (Wildman–Crippen MR) is 215 cm³/mol. The fourth-order valence-corrected chi connectivity index (χ4v) is 6.37. The van der Waals surface area contributed by atoms with Crippen molar-refractivity contribution < 1.29 is 33.3 Å². The molecule has 5 aromatic rings. The van der Waals surface area contributed by atoms with Crippen molar-refractivity contribution in [1.29, 1.82) is 0 Å². The number of methoxy groups -OCH3 is 1. The summed E-state index contributed by atoms with van der Waals surface area (Å²) in [6, 6.07) is 33.1. The molecule has 0 saturated heterocycles. The van der Waals surface area contributed by atoms with Crippen LogP contribution in [0.25, 0.3) is 10.8 Å². The summed E-state index contributed by atoms with van der Waals surface area (Å²) in [5.74, 6) is 13.1. The van der Waals surface area contributed by atoms with Gasteiger partial charge in [-0.3, -0.25) is 0 Å². The lowest BCUT2D eigenvalue weighted by atomic mass is 10.0. The largest absolute Gasteiger partial charge is 0.488 e. The molecule has 0 heterocycles. The van der Waals surface area contributed by atoms with Gasteiger partial charge >= 0.3 is 17.9 Å². The Morgan fingerprint density at radius 2 is 1.09 bits per heavy atom. The van der Waals surface area contributed by atoms with Gasteiger partial charge in [0.1, 0.15) is 31.1 Å². The summed E-state index contributed by atoms with van der Waals surface area (Å²) in [5.41, 5.74) is 4.50. The number of benzene rings is 5. The number of fused-ring (bicyclic) bond motifs is 1. The first-order valence-electron chi connectivity index (χ1n) is 16.8. The molecule has 0 amide bonds. The lowest BCUT2D eigenvalue weighted by Gasteiger charge is -2.11. The summed E-state index contributed by atoms with van der Waals surface area (Å²) in [7, 11) is 1.33. The Labute approximate surface area is 323 Å². The van der Waals surface area contributed by atoms with Crippen molar-refractivity contribution in [2.75, 3.05) is 31.8 Å². The molecule has 0 atom stereocenters. The third-order valence-corrected chi connectivity index (χ3v) is 9.57. The van der Waals surface area contributed by atoms with Gasteiger partial charge in [0.2, 0.25) is 0 Å². The van der Waals surface area contributed by atoms with Gasteiger partial charge in [-0.2, -0.15) is 0 Å². The highest BCUT2D eigenvalue weighted by Gasteiger charge is 2.14. The molecule has 0 saturated carbocycles. The number of hydrogen-bond donors (Lipinski definition) is 0. The molecular weight excluding hydrogens is 717 g/mol. The first-order valence-corrected chi connectivity index (χ1v) is 18.8. The summed E-state index contributed by atoms with van der Waals surface area (Å²) in [6.07, 6.45) is 2.31. The van der Waals surface area contributed by atoms with Crippen LogP contribution in [0, 0.1) is 23.7 Å². The van der Waals surface area contributed by atoms with Gasteiger partial charge in [0, 0.05) is 55.7 Å². The Bertz CT molecular complexity index is 2270. The minimum atomic E-state index is -0.514. The molecule has 0 bridgehead atoms. The van der Waals surface area contributed by atoms with Crippen molar-refractivity contribution in [3.05, 3.63) is 162 Å². The zero-order valence-corrected chi connectivity index (χ0v) is 31.2. The molecule has 5 aromatic carbocycles. The fourth-order valence-electron chi connectivity index (χ4n) is 4.91. The van der Waals surface area contributed by atoms with E-state index in [4.69, 9.17) is 18.9 Å². The zero-order valence-electron chi connectivity index (χ0n) is 29.6. The lowest BCUT2D eigenvalue weighted by Crippen LogP contribution is -2.06. The third-order valence-electron chi connectivity index (χ3n) is 7.62. The Kier molecular flexibility index (Phi) is 14.6. The van der Waals surface area contributed by atoms with Crippen LogP contribution in [0.3, 0.4) is 0 Å². The highest BCUT2D eigenvalue weighted by Crippen LogP contribution is 2.25. The van der Waals surface area contributed by atoms with Crippen LogP contribution in [0.1, 0.15) is 38.2 Å². The van der Waals surface area contributed by atoms with E-state index >= 15 is 0 Å². The molecule has 0 aliphatic carbocycles. The Morgan fingerprint density at radius 1 is 0.611 bits per heavy atom. The number of hydrogen-bond acceptors (Lipinski definition) is 9. The second-order valence-electron chi connectivity index (χ2n) is 11.4. The molecular formula is C45H36O7S2. The topological polar surface area (TPSA) is 88.1 Å². The predicted octanol–water partition coefficient (Wildman–Crippen LogP) is 8.65. The lowest BCUT2D eigenvalue weighted by molar-refractivity contribution is -0.138.